The molecule has 26 heavy (non-hydrogen) atoms. The van der Waals surface area contributed by atoms with Gasteiger partial charge in [-0.25, -0.2) is 4.79 Å². The summed E-state index contributed by atoms with van der Waals surface area (Å²) in [4.78, 5) is 25.1. The Kier molecular flexibility index (Phi) is 4.82. The van der Waals surface area contributed by atoms with Crippen LogP contribution < -0.4 is 0 Å². The monoisotopic (exact) mass is 356 g/mol. The minimum atomic E-state index is -0.420. The summed E-state index contributed by atoms with van der Waals surface area (Å²) in [7, 11) is 0. The topological polar surface area (TPSA) is 53.2 Å². The molecule has 1 aliphatic carbocycles. The number of hydrogen-bond donors (Lipinski definition) is 0. The first kappa shape index (κ1) is 18.5. The molecule has 0 atom stereocenters. The third kappa shape index (κ3) is 3.22. The smallest absolute Gasteiger partial charge is 0.340 e. The van der Waals surface area contributed by atoms with Crippen LogP contribution in [0.1, 0.15) is 82.3 Å². The maximum absolute atomic E-state index is 12.6. The number of rotatable bonds is 6. The molecule has 1 saturated carbocycles. The lowest BCUT2D eigenvalue weighted by molar-refractivity contribution is 0.0473. The highest BCUT2D eigenvalue weighted by molar-refractivity contribution is 6.00. The second-order valence-electron chi connectivity index (χ2n) is 7.63. The van der Waals surface area contributed by atoms with Crippen molar-refractivity contribution in [2.45, 2.75) is 66.5 Å². The summed E-state index contributed by atoms with van der Waals surface area (Å²) in [6.07, 6.45) is 2.32. The SMILES string of the molecule is Cc1cc(C(=O)COC(=O)c2cc(C)n(C3CC3)c2C)c(C)n1C(C)C. The van der Waals surface area contributed by atoms with Gasteiger partial charge in [-0.1, -0.05) is 0 Å². The van der Waals surface area contributed by atoms with Crippen molar-refractivity contribution in [2.75, 3.05) is 6.61 Å². The zero-order valence-corrected chi connectivity index (χ0v) is 16.5. The average Bonchev–Trinajstić information content (AvgIpc) is 3.28. The Morgan fingerprint density at radius 2 is 1.65 bits per heavy atom. The number of hydrogen-bond acceptors (Lipinski definition) is 3. The van der Waals surface area contributed by atoms with Crippen molar-refractivity contribution in [3.8, 4) is 0 Å². The molecule has 2 heterocycles. The van der Waals surface area contributed by atoms with Crippen molar-refractivity contribution in [1.29, 1.82) is 0 Å². The van der Waals surface area contributed by atoms with Crippen LogP contribution in [0.15, 0.2) is 12.1 Å². The van der Waals surface area contributed by atoms with Gasteiger partial charge in [-0.3, -0.25) is 4.79 Å². The summed E-state index contributed by atoms with van der Waals surface area (Å²) in [6.45, 7) is 11.8. The Bertz CT molecular complexity index is 802. The molecule has 0 saturated heterocycles. The number of nitrogens with zero attached hydrogens (tertiary/aromatic N) is 2. The lowest BCUT2D eigenvalue weighted by Gasteiger charge is -2.13. The Morgan fingerprint density at radius 3 is 2.19 bits per heavy atom. The standard InChI is InChI=1S/C21H28N2O3/c1-12(2)22-13(3)9-18(15(22)5)20(24)11-26-21(25)19-10-14(4)23(16(19)6)17-7-8-17/h9-10,12,17H,7-8,11H2,1-6H3. The summed E-state index contributed by atoms with van der Waals surface area (Å²) in [6, 6.07) is 4.54. The summed E-state index contributed by atoms with van der Waals surface area (Å²) in [5.74, 6) is -0.578. The maximum Gasteiger partial charge on any atom is 0.340 e. The highest BCUT2D eigenvalue weighted by Crippen LogP contribution is 2.38. The predicted molar refractivity (Wildman–Crippen MR) is 101 cm³/mol. The Balaban J connectivity index is 1.71. The van der Waals surface area contributed by atoms with Crippen LogP contribution in [0.4, 0.5) is 0 Å². The van der Waals surface area contributed by atoms with Gasteiger partial charge in [-0.15, -0.1) is 0 Å². The number of aryl methyl sites for hydroxylation is 2. The molecule has 0 N–H and O–H groups in total. The molecular weight excluding hydrogens is 328 g/mol. The van der Waals surface area contributed by atoms with E-state index in [1.807, 2.05) is 39.8 Å². The lowest BCUT2D eigenvalue weighted by atomic mass is 10.1. The van der Waals surface area contributed by atoms with Crippen LogP contribution in [0.5, 0.6) is 0 Å². The molecule has 2 aromatic heterocycles. The first-order valence-corrected chi connectivity index (χ1v) is 9.29. The Hall–Kier alpha value is -2.30. The van der Waals surface area contributed by atoms with Crippen LogP contribution in [0, 0.1) is 27.7 Å². The molecule has 2 aromatic rings. The summed E-state index contributed by atoms with van der Waals surface area (Å²) in [5.41, 5.74) is 5.16. The molecule has 0 amide bonds. The first-order valence-electron chi connectivity index (χ1n) is 9.29. The third-order valence-corrected chi connectivity index (χ3v) is 5.25. The van der Waals surface area contributed by atoms with Crippen LogP contribution in [0.25, 0.3) is 0 Å². The predicted octanol–water partition coefficient (Wildman–Crippen LogP) is 4.48. The Labute approximate surface area is 155 Å². The number of esters is 1. The van der Waals surface area contributed by atoms with Gasteiger partial charge < -0.3 is 13.9 Å². The normalized spacial score (nSPS) is 14.1. The number of carbonyl (C=O) groups excluding carboxylic acids is 2. The Morgan fingerprint density at radius 1 is 1.04 bits per heavy atom. The highest BCUT2D eigenvalue weighted by atomic mass is 16.5. The number of ether oxygens (including phenoxy) is 1. The number of ketones is 1. The molecule has 140 valence electrons. The van der Waals surface area contributed by atoms with Crippen LogP contribution in [-0.4, -0.2) is 27.5 Å². The summed E-state index contributed by atoms with van der Waals surface area (Å²) < 4.78 is 9.67. The van der Waals surface area contributed by atoms with Gasteiger partial charge in [0.1, 0.15) is 0 Å². The van der Waals surface area contributed by atoms with Crippen molar-refractivity contribution < 1.29 is 14.3 Å². The molecule has 0 unspecified atom stereocenters. The van der Waals surface area contributed by atoms with Gasteiger partial charge in [0.15, 0.2) is 6.61 Å². The van der Waals surface area contributed by atoms with E-state index in [1.54, 1.807) is 0 Å². The third-order valence-electron chi connectivity index (χ3n) is 5.25. The van der Waals surface area contributed by atoms with Crippen LogP contribution in [0.3, 0.4) is 0 Å². The van der Waals surface area contributed by atoms with E-state index in [0.29, 0.717) is 17.2 Å². The number of aromatic nitrogens is 2. The van der Waals surface area contributed by atoms with Crippen LogP contribution >= 0.6 is 0 Å². The fourth-order valence-electron chi connectivity index (χ4n) is 4.02. The molecule has 0 radical (unpaired) electrons. The minimum Gasteiger partial charge on any atom is -0.454 e. The zero-order chi connectivity index (χ0) is 19.2. The van der Waals surface area contributed by atoms with E-state index in [4.69, 9.17) is 4.74 Å². The highest BCUT2D eigenvalue weighted by Gasteiger charge is 2.29. The van der Waals surface area contributed by atoms with Gasteiger partial charge in [-0.05, 0) is 66.5 Å². The summed E-state index contributed by atoms with van der Waals surface area (Å²) >= 11 is 0. The molecule has 1 fully saturated rings. The molecule has 3 rings (SSSR count). The van der Waals surface area contributed by atoms with Gasteiger partial charge in [0.2, 0.25) is 5.78 Å². The van der Waals surface area contributed by atoms with Gasteiger partial charge >= 0.3 is 5.97 Å². The fraction of sp³-hybridized carbons (Fsp3) is 0.524. The average molecular weight is 356 g/mol. The van der Waals surface area contributed by atoms with E-state index in [2.05, 4.69) is 23.0 Å². The maximum atomic E-state index is 12.6. The molecule has 1 aliphatic rings. The zero-order valence-electron chi connectivity index (χ0n) is 16.5. The van der Waals surface area contributed by atoms with Crippen LogP contribution in [-0.2, 0) is 4.74 Å². The first-order chi connectivity index (χ1) is 12.2. The molecule has 5 heteroatoms. The van der Waals surface area contributed by atoms with Gasteiger partial charge in [0, 0.05) is 40.4 Å². The second kappa shape index (κ2) is 6.78. The number of Topliss-reactive ketones (excluding diaryl/α,β-unsaturated/α-hetero) is 1. The van der Waals surface area contributed by atoms with Gasteiger partial charge in [-0.2, -0.15) is 0 Å². The largest absolute Gasteiger partial charge is 0.454 e. The molecule has 0 aliphatic heterocycles. The van der Waals surface area contributed by atoms with Gasteiger partial charge in [0.25, 0.3) is 0 Å². The van der Waals surface area contributed by atoms with Crippen molar-refractivity contribution in [2.24, 2.45) is 0 Å². The second-order valence-corrected chi connectivity index (χ2v) is 7.63. The van der Waals surface area contributed by atoms with Crippen LogP contribution in [0.2, 0.25) is 0 Å². The van der Waals surface area contributed by atoms with E-state index in [0.717, 1.165) is 35.6 Å². The lowest BCUT2D eigenvalue weighted by Crippen LogP contribution is -2.16. The molecule has 0 spiro atoms. The molecule has 0 aromatic carbocycles. The van der Waals surface area contributed by atoms with Crippen molar-refractivity contribution >= 4 is 11.8 Å². The van der Waals surface area contributed by atoms with Crippen molar-refractivity contribution in [3.05, 3.63) is 46.0 Å². The fourth-order valence-corrected chi connectivity index (χ4v) is 4.02. The molecule has 0 bridgehead atoms. The summed E-state index contributed by atoms with van der Waals surface area (Å²) in [5, 5.41) is 0. The molecular formula is C21H28N2O3. The quantitative estimate of drug-likeness (QED) is 0.566. The van der Waals surface area contributed by atoms with Crippen molar-refractivity contribution in [1.82, 2.24) is 9.13 Å². The van der Waals surface area contributed by atoms with Crippen molar-refractivity contribution in [3.63, 3.8) is 0 Å². The van der Waals surface area contributed by atoms with E-state index < -0.39 is 5.97 Å². The van der Waals surface area contributed by atoms with E-state index in [-0.39, 0.29) is 18.4 Å². The van der Waals surface area contributed by atoms with E-state index >= 15 is 0 Å². The van der Waals surface area contributed by atoms with Gasteiger partial charge in [0.05, 0.1) is 5.56 Å². The van der Waals surface area contributed by atoms with E-state index in [1.165, 1.54) is 0 Å². The minimum absolute atomic E-state index is 0.158. The molecule has 5 nitrogen and oxygen atoms in total. The van der Waals surface area contributed by atoms with E-state index in [9.17, 15) is 9.59 Å². The number of carbonyl (C=O) groups is 2.